The fourth-order valence-electron chi connectivity index (χ4n) is 2.77. The van der Waals surface area contributed by atoms with Crippen LogP contribution < -0.4 is 11.3 Å². The molecule has 0 aliphatic heterocycles. The first kappa shape index (κ1) is 12.8. The average molecular weight is 318 g/mol. The van der Waals surface area contributed by atoms with E-state index >= 15 is 0 Å². The van der Waals surface area contributed by atoms with Crippen molar-refractivity contribution in [2.45, 2.75) is 24.8 Å². The van der Waals surface area contributed by atoms with Gasteiger partial charge in [0.1, 0.15) is 0 Å². The maximum Gasteiger partial charge on any atom is 0.0728 e. The number of halogens is 1. The van der Waals surface area contributed by atoms with Crippen LogP contribution in [0.25, 0.3) is 0 Å². The summed E-state index contributed by atoms with van der Waals surface area (Å²) >= 11 is 3.54. The molecule has 1 aromatic carbocycles. The number of pyridine rings is 1. The van der Waals surface area contributed by atoms with Crippen molar-refractivity contribution < 1.29 is 0 Å². The van der Waals surface area contributed by atoms with Crippen LogP contribution in [0.2, 0.25) is 0 Å². The van der Waals surface area contributed by atoms with Crippen molar-refractivity contribution in [2.24, 2.45) is 5.84 Å². The van der Waals surface area contributed by atoms with E-state index in [0.29, 0.717) is 5.92 Å². The molecule has 0 amide bonds. The second kappa shape index (κ2) is 5.41. The number of nitrogens with one attached hydrogen (secondary N) is 1. The van der Waals surface area contributed by atoms with Crippen LogP contribution in [0, 0.1) is 0 Å². The highest BCUT2D eigenvalue weighted by molar-refractivity contribution is 9.10. The summed E-state index contributed by atoms with van der Waals surface area (Å²) in [5.41, 5.74) is 6.79. The highest BCUT2D eigenvalue weighted by atomic mass is 79.9. The monoisotopic (exact) mass is 317 g/mol. The quantitative estimate of drug-likeness (QED) is 0.673. The van der Waals surface area contributed by atoms with E-state index in [1.165, 1.54) is 11.1 Å². The van der Waals surface area contributed by atoms with Gasteiger partial charge in [0.25, 0.3) is 0 Å². The first-order valence-electron chi connectivity index (χ1n) is 6.44. The number of nitrogens with two attached hydrogens (primary N) is 1. The molecule has 2 unspecified atom stereocenters. The molecule has 19 heavy (non-hydrogen) atoms. The van der Waals surface area contributed by atoms with E-state index in [1.54, 1.807) is 6.20 Å². The summed E-state index contributed by atoms with van der Waals surface area (Å²) in [6, 6.07) is 12.6. The van der Waals surface area contributed by atoms with Gasteiger partial charge in [0.05, 0.1) is 11.7 Å². The Labute approximate surface area is 121 Å². The Hall–Kier alpha value is -1.23. The van der Waals surface area contributed by atoms with E-state index < -0.39 is 0 Å². The zero-order chi connectivity index (χ0) is 13.2. The van der Waals surface area contributed by atoms with Gasteiger partial charge in [0, 0.05) is 10.7 Å². The predicted molar refractivity (Wildman–Crippen MR) is 79.5 cm³/mol. The minimum absolute atomic E-state index is 0.0777. The van der Waals surface area contributed by atoms with Crippen LogP contribution in [0.3, 0.4) is 0 Å². The molecule has 2 aromatic rings. The van der Waals surface area contributed by atoms with E-state index in [2.05, 4.69) is 50.6 Å². The molecule has 3 nitrogen and oxygen atoms in total. The summed E-state index contributed by atoms with van der Waals surface area (Å²) in [6.45, 7) is 0. The van der Waals surface area contributed by atoms with Crippen molar-refractivity contribution in [3.63, 3.8) is 0 Å². The molecule has 98 valence electrons. The summed E-state index contributed by atoms with van der Waals surface area (Å²) in [5, 5.41) is 0. The highest BCUT2D eigenvalue weighted by Crippen LogP contribution is 2.40. The zero-order valence-electron chi connectivity index (χ0n) is 10.5. The number of fused-ring (bicyclic) bond motifs is 1. The van der Waals surface area contributed by atoms with Crippen molar-refractivity contribution in [2.75, 3.05) is 0 Å². The molecule has 3 rings (SSSR count). The Bertz CT molecular complexity index is 585. The summed E-state index contributed by atoms with van der Waals surface area (Å²) < 4.78 is 1.01. The smallest absolute Gasteiger partial charge is 0.0728 e. The molecular formula is C15H16BrN3. The molecule has 1 heterocycles. The fourth-order valence-corrected chi connectivity index (χ4v) is 3.30. The minimum Gasteiger partial charge on any atom is -0.271 e. The molecule has 4 heteroatoms. The number of hydrazine groups is 1. The molecule has 0 radical (unpaired) electrons. The van der Waals surface area contributed by atoms with Gasteiger partial charge in [-0.1, -0.05) is 24.3 Å². The number of aromatic nitrogens is 1. The first-order chi connectivity index (χ1) is 9.29. The van der Waals surface area contributed by atoms with Crippen LogP contribution in [0.15, 0.2) is 47.1 Å². The lowest BCUT2D eigenvalue weighted by Gasteiger charge is -2.32. The van der Waals surface area contributed by atoms with Crippen molar-refractivity contribution in [3.05, 3.63) is 63.9 Å². The second-order valence-corrected chi connectivity index (χ2v) is 5.78. The zero-order valence-corrected chi connectivity index (χ0v) is 12.1. The molecule has 0 saturated carbocycles. The van der Waals surface area contributed by atoms with Crippen LogP contribution in [0.4, 0.5) is 0 Å². The molecule has 0 saturated heterocycles. The number of hydrogen-bond donors (Lipinski definition) is 2. The van der Waals surface area contributed by atoms with Gasteiger partial charge in [0.15, 0.2) is 0 Å². The molecular weight excluding hydrogens is 302 g/mol. The number of rotatable bonds is 4. The van der Waals surface area contributed by atoms with E-state index in [1.807, 2.05) is 12.1 Å². The summed E-state index contributed by atoms with van der Waals surface area (Å²) in [5.74, 6) is 6.29. The van der Waals surface area contributed by atoms with Crippen molar-refractivity contribution in [3.8, 4) is 0 Å². The van der Waals surface area contributed by atoms with Crippen LogP contribution in [-0.4, -0.2) is 4.98 Å². The van der Waals surface area contributed by atoms with Crippen LogP contribution in [0.5, 0.6) is 0 Å². The SMILES string of the molecule is NNC(CC1Cc2ccccc21)c1ncccc1Br. The Morgan fingerprint density at radius 1 is 1.32 bits per heavy atom. The van der Waals surface area contributed by atoms with Crippen molar-refractivity contribution in [1.82, 2.24) is 10.4 Å². The molecule has 2 atom stereocenters. The highest BCUT2D eigenvalue weighted by Gasteiger charge is 2.29. The Kier molecular flexibility index (Phi) is 3.64. The van der Waals surface area contributed by atoms with Gasteiger partial charge >= 0.3 is 0 Å². The van der Waals surface area contributed by atoms with Gasteiger partial charge in [0.2, 0.25) is 0 Å². The maximum atomic E-state index is 5.71. The van der Waals surface area contributed by atoms with E-state index in [4.69, 9.17) is 5.84 Å². The molecule has 0 spiro atoms. The largest absolute Gasteiger partial charge is 0.271 e. The Morgan fingerprint density at radius 3 is 2.89 bits per heavy atom. The van der Waals surface area contributed by atoms with Gasteiger partial charge in [-0.25, -0.2) is 0 Å². The van der Waals surface area contributed by atoms with Crippen molar-refractivity contribution in [1.29, 1.82) is 0 Å². The summed E-state index contributed by atoms with van der Waals surface area (Å²) in [6.07, 6.45) is 3.92. The summed E-state index contributed by atoms with van der Waals surface area (Å²) in [4.78, 5) is 4.43. The van der Waals surface area contributed by atoms with Crippen LogP contribution in [0.1, 0.15) is 35.2 Å². The van der Waals surface area contributed by atoms with Crippen molar-refractivity contribution >= 4 is 15.9 Å². The number of hydrogen-bond acceptors (Lipinski definition) is 3. The number of nitrogens with zero attached hydrogens (tertiary/aromatic N) is 1. The van der Waals surface area contributed by atoms with E-state index in [9.17, 15) is 0 Å². The van der Waals surface area contributed by atoms with Gasteiger partial charge in [-0.3, -0.25) is 16.3 Å². The predicted octanol–water partition coefficient (Wildman–Crippen LogP) is 3.08. The third-order valence-corrected chi connectivity index (χ3v) is 4.47. The third-order valence-electron chi connectivity index (χ3n) is 3.80. The lowest BCUT2D eigenvalue weighted by molar-refractivity contribution is 0.427. The molecule has 1 aliphatic rings. The summed E-state index contributed by atoms with van der Waals surface area (Å²) in [7, 11) is 0. The Morgan fingerprint density at radius 2 is 2.16 bits per heavy atom. The van der Waals surface area contributed by atoms with Crippen LogP contribution in [-0.2, 0) is 6.42 Å². The van der Waals surface area contributed by atoms with Gasteiger partial charge in [-0.2, -0.15) is 0 Å². The first-order valence-corrected chi connectivity index (χ1v) is 7.23. The van der Waals surface area contributed by atoms with Gasteiger partial charge in [-0.15, -0.1) is 0 Å². The van der Waals surface area contributed by atoms with E-state index in [0.717, 1.165) is 23.0 Å². The average Bonchev–Trinajstić information content (AvgIpc) is 2.42. The normalized spacial score (nSPS) is 18.5. The second-order valence-electron chi connectivity index (χ2n) is 4.93. The topological polar surface area (TPSA) is 50.9 Å². The molecule has 0 fully saturated rings. The maximum absolute atomic E-state index is 5.71. The molecule has 1 aliphatic carbocycles. The standard InChI is InChI=1S/C15H16BrN3/c16-13-6-3-7-18-15(13)14(19-17)9-11-8-10-4-1-2-5-12(10)11/h1-7,11,14,19H,8-9,17H2. The van der Waals surface area contributed by atoms with Gasteiger partial charge < -0.3 is 0 Å². The minimum atomic E-state index is 0.0777. The number of benzene rings is 1. The van der Waals surface area contributed by atoms with Crippen LogP contribution >= 0.6 is 15.9 Å². The Balaban J connectivity index is 1.78. The molecule has 0 bridgehead atoms. The van der Waals surface area contributed by atoms with E-state index in [-0.39, 0.29) is 6.04 Å². The lowest BCUT2D eigenvalue weighted by atomic mass is 9.74. The van der Waals surface area contributed by atoms with Gasteiger partial charge in [-0.05, 0) is 57.9 Å². The fraction of sp³-hybridized carbons (Fsp3) is 0.267. The lowest BCUT2D eigenvalue weighted by Crippen LogP contribution is -2.32. The molecule has 1 aromatic heterocycles. The molecule has 3 N–H and O–H groups in total. The third kappa shape index (κ3) is 2.43.